The molecule has 0 aromatic heterocycles. The highest BCUT2D eigenvalue weighted by Gasteiger charge is 2.21. The average molecular weight is 459 g/mol. The fourth-order valence-corrected chi connectivity index (χ4v) is 3.16. The largest absolute Gasteiger partial charge is 0.381 e. The molecule has 1 aliphatic heterocycles. The van der Waals surface area contributed by atoms with Crippen molar-refractivity contribution in [3.8, 4) is 0 Å². The van der Waals surface area contributed by atoms with E-state index in [1.54, 1.807) is 0 Å². The summed E-state index contributed by atoms with van der Waals surface area (Å²) in [6.45, 7) is 11.2. The van der Waals surface area contributed by atoms with E-state index in [4.69, 9.17) is 9.73 Å². The van der Waals surface area contributed by atoms with Crippen LogP contribution in [0.15, 0.2) is 35.3 Å². The Morgan fingerprint density at radius 1 is 1.32 bits per heavy atom. The monoisotopic (exact) mass is 459 g/mol. The molecule has 0 radical (unpaired) electrons. The van der Waals surface area contributed by atoms with Gasteiger partial charge in [-0.2, -0.15) is 0 Å². The maximum Gasteiger partial charge on any atom is 0.193 e. The molecule has 0 aliphatic carbocycles. The third-order valence-electron chi connectivity index (χ3n) is 4.43. The maximum atomic E-state index is 5.49. The Bertz CT molecular complexity index is 513. The van der Waals surface area contributed by atoms with E-state index in [-0.39, 0.29) is 29.4 Å². The van der Waals surface area contributed by atoms with Crippen molar-refractivity contribution < 1.29 is 4.74 Å². The van der Waals surface area contributed by atoms with Crippen LogP contribution in [0.25, 0.3) is 0 Å². The van der Waals surface area contributed by atoms with E-state index in [2.05, 4.69) is 68.4 Å². The molecule has 5 heteroatoms. The van der Waals surface area contributed by atoms with Crippen LogP contribution in [0.2, 0.25) is 0 Å². The molecule has 0 bridgehead atoms. The molecule has 2 rings (SSSR count). The van der Waals surface area contributed by atoms with Gasteiger partial charge in [0, 0.05) is 39.2 Å². The summed E-state index contributed by atoms with van der Waals surface area (Å²) >= 11 is 0. The van der Waals surface area contributed by atoms with Gasteiger partial charge in [-0.3, -0.25) is 4.99 Å². The second kappa shape index (κ2) is 11.0. The standard InChI is InChI=1S/C20H33N3O.HI/c1-5-21-19(23(4)14-18-11-12-24-15-18)22-16-20(2,3)13-17-9-7-6-8-10-17;/h6-10,18H,5,11-16H2,1-4H3,(H,21,22);1H. The molecule has 1 saturated heterocycles. The highest BCUT2D eigenvalue weighted by Crippen LogP contribution is 2.22. The van der Waals surface area contributed by atoms with Gasteiger partial charge in [-0.25, -0.2) is 0 Å². The van der Waals surface area contributed by atoms with Gasteiger partial charge in [0.1, 0.15) is 0 Å². The summed E-state index contributed by atoms with van der Waals surface area (Å²) in [4.78, 5) is 7.17. The molecule has 0 spiro atoms. The smallest absolute Gasteiger partial charge is 0.193 e. The van der Waals surface area contributed by atoms with Gasteiger partial charge in [0.05, 0.1) is 6.61 Å². The number of aliphatic imine (C=N–C) groups is 1. The van der Waals surface area contributed by atoms with E-state index in [0.29, 0.717) is 5.92 Å². The Labute approximate surface area is 170 Å². The molecule has 0 saturated carbocycles. The zero-order chi connectivity index (χ0) is 17.4. The number of benzene rings is 1. The van der Waals surface area contributed by atoms with E-state index in [1.807, 2.05) is 0 Å². The Balaban J connectivity index is 0.00000312. The summed E-state index contributed by atoms with van der Waals surface area (Å²) in [7, 11) is 2.13. The SMILES string of the molecule is CCNC(=NCC(C)(C)Cc1ccccc1)N(C)CC1CCOC1.I. The molecule has 1 fully saturated rings. The van der Waals surface area contributed by atoms with Crippen LogP contribution in [0.5, 0.6) is 0 Å². The minimum Gasteiger partial charge on any atom is -0.381 e. The fraction of sp³-hybridized carbons (Fsp3) is 0.650. The lowest BCUT2D eigenvalue weighted by Gasteiger charge is -2.27. The van der Waals surface area contributed by atoms with Crippen molar-refractivity contribution in [3.05, 3.63) is 35.9 Å². The third kappa shape index (κ3) is 7.94. The molecule has 1 unspecified atom stereocenters. The molecule has 1 atom stereocenters. The van der Waals surface area contributed by atoms with Crippen molar-refractivity contribution in [2.45, 2.75) is 33.6 Å². The van der Waals surface area contributed by atoms with Crippen LogP contribution >= 0.6 is 24.0 Å². The van der Waals surface area contributed by atoms with Gasteiger partial charge in [-0.15, -0.1) is 24.0 Å². The van der Waals surface area contributed by atoms with Crippen LogP contribution in [-0.2, 0) is 11.2 Å². The van der Waals surface area contributed by atoms with Crippen molar-refractivity contribution in [1.29, 1.82) is 0 Å². The van der Waals surface area contributed by atoms with E-state index in [1.165, 1.54) is 5.56 Å². The van der Waals surface area contributed by atoms with Crippen molar-refractivity contribution in [3.63, 3.8) is 0 Å². The molecule has 25 heavy (non-hydrogen) atoms. The summed E-state index contributed by atoms with van der Waals surface area (Å²) in [5.74, 6) is 1.63. The van der Waals surface area contributed by atoms with Crippen LogP contribution in [0.1, 0.15) is 32.8 Å². The van der Waals surface area contributed by atoms with Crippen LogP contribution in [-0.4, -0.2) is 50.8 Å². The molecule has 1 aromatic carbocycles. The summed E-state index contributed by atoms with van der Waals surface area (Å²) in [5, 5.41) is 3.43. The van der Waals surface area contributed by atoms with Crippen molar-refractivity contribution in [1.82, 2.24) is 10.2 Å². The van der Waals surface area contributed by atoms with Gasteiger partial charge in [0.2, 0.25) is 0 Å². The molecule has 1 aliphatic rings. The number of halogens is 1. The number of hydrogen-bond acceptors (Lipinski definition) is 2. The predicted octanol–water partition coefficient (Wildman–Crippen LogP) is 3.81. The minimum atomic E-state index is 0. The van der Waals surface area contributed by atoms with Crippen LogP contribution < -0.4 is 5.32 Å². The van der Waals surface area contributed by atoms with E-state index < -0.39 is 0 Å². The summed E-state index contributed by atoms with van der Waals surface area (Å²) in [5.41, 5.74) is 1.51. The van der Waals surface area contributed by atoms with E-state index >= 15 is 0 Å². The Morgan fingerprint density at radius 3 is 2.64 bits per heavy atom. The zero-order valence-corrected chi connectivity index (χ0v) is 18.5. The molecule has 1 heterocycles. The number of hydrogen-bond donors (Lipinski definition) is 1. The first-order valence-electron chi connectivity index (χ1n) is 9.11. The highest BCUT2D eigenvalue weighted by molar-refractivity contribution is 14.0. The van der Waals surface area contributed by atoms with Crippen molar-refractivity contribution in [2.24, 2.45) is 16.3 Å². The van der Waals surface area contributed by atoms with Crippen LogP contribution in [0, 0.1) is 11.3 Å². The normalized spacial score (nSPS) is 17.9. The Morgan fingerprint density at radius 2 is 2.04 bits per heavy atom. The Hall–Kier alpha value is -0.820. The number of guanidine groups is 1. The third-order valence-corrected chi connectivity index (χ3v) is 4.43. The topological polar surface area (TPSA) is 36.9 Å². The first kappa shape index (κ1) is 22.2. The zero-order valence-electron chi connectivity index (χ0n) is 16.1. The quantitative estimate of drug-likeness (QED) is 0.383. The lowest BCUT2D eigenvalue weighted by Crippen LogP contribution is -2.42. The van der Waals surface area contributed by atoms with Gasteiger partial charge in [-0.05, 0) is 30.7 Å². The number of nitrogens with zero attached hydrogens (tertiary/aromatic N) is 2. The first-order valence-corrected chi connectivity index (χ1v) is 9.11. The van der Waals surface area contributed by atoms with Gasteiger partial charge >= 0.3 is 0 Å². The number of nitrogens with one attached hydrogen (secondary N) is 1. The lowest BCUT2D eigenvalue weighted by atomic mass is 9.86. The molecule has 1 N–H and O–H groups in total. The van der Waals surface area contributed by atoms with Crippen LogP contribution in [0.4, 0.5) is 0 Å². The second-order valence-electron chi connectivity index (χ2n) is 7.61. The highest BCUT2D eigenvalue weighted by atomic mass is 127. The van der Waals surface area contributed by atoms with Crippen LogP contribution in [0.3, 0.4) is 0 Å². The van der Waals surface area contributed by atoms with Crippen molar-refractivity contribution in [2.75, 3.05) is 39.9 Å². The summed E-state index contributed by atoms with van der Waals surface area (Å²) < 4.78 is 5.49. The molecule has 0 amide bonds. The minimum absolute atomic E-state index is 0. The van der Waals surface area contributed by atoms with Gasteiger partial charge in [0.15, 0.2) is 5.96 Å². The molecular weight excluding hydrogens is 425 g/mol. The van der Waals surface area contributed by atoms with Gasteiger partial charge in [0.25, 0.3) is 0 Å². The Kier molecular flexibility index (Phi) is 9.79. The van der Waals surface area contributed by atoms with E-state index in [0.717, 1.165) is 51.6 Å². The second-order valence-corrected chi connectivity index (χ2v) is 7.61. The van der Waals surface area contributed by atoms with Crippen molar-refractivity contribution >= 4 is 29.9 Å². The summed E-state index contributed by atoms with van der Waals surface area (Å²) in [6, 6.07) is 10.7. The lowest BCUT2D eigenvalue weighted by molar-refractivity contribution is 0.181. The molecule has 142 valence electrons. The predicted molar refractivity (Wildman–Crippen MR) is 117 cm³/mol. The van der Waals surface area contributed by atoms with E-state index in [9.17, 15) is 0 Å². The van der Waals surface area contributed by atoms with Gasteiger partial charge in [-0.1, -0.05) is 44.2 Å². The molecular formula is C20H34IN3O. The molecule has 1 aromatic rings. The number of rotatable bonds is 7. The van der Waals surface area contributed by atoms with Gasteiger partial charge < -0.3 is 15.0 Å². The fourth-order valence-electron chi connectivity index (χ4n) is 3.16. The maximum absolute atomic E-state index is 5.49. The molecule has 4 nitrogen and oxygen atoms in total. The first-order chi connectivity index (χ1) is 11.5. The average Bonchev–Trinajstić information content (AvgIpc) is 3.04. The summed E-state index contributed by atoms with van der Waals surface area (Å²) in [6.07, 6.45) is 2.19. The number of ether oxygens (including phenoxy) is 1.